The fourth-order valence-electron chi connectivity index (χ4n) is 2.38. The first kappa shape index (κ1) is 17.8. The van der Waals surface area contributed by atoms with E-state index in [1.54, 1.807) is 14.2 Å². The van der Waals surface area contributed by atoms with Crippen LogP contribution in [-0.4, -0.2) is 52.0 Å². The van der Waals surface area contributed by atoms with Crippen molar-refractivity contribution < 1.29 is 14.2 Å². The Labute approximate surface area is 128 Å². The van der Waals surface area contributed by atoms with Gasteiger partial charge < -0.3 is 19.9 Å². The first-order valence-electron chi connectivity index (χ1n) is 7.44. The zero-order valence-electron chi connectivity index (χ0n) is 13.6. The monoisotopic (exact) mass is 296 g/mol. The minimum absolute atomic E-state index is 0.124. The molecule has 0 bridgehead atoms. The predicted molar refractivity (Wildman–Crippen MR) is 85.1 cm³/mol. The van der Waals surface area contributed by atoms with Gasteiger partial charge in [0.05, 0.1) is 20.8 Å². The summed E-state index contributed by atoms with van der Waals surface area (Å²) < 4.78 is 16.1. The van der Waals surface area contributed by atoms with E-state index in [1.165, 1.54) is 0 Å². The van der Waals surface area contributed by atoms with Crippen molar-refractivity contribution in [3.05, 3.63) is 23.8 Å². The maximum absolute atomic E-state index is 6.00. The van der Waals surface area contributed by atoms with Crippen molar-refractivity contribution in [2.75, 3.05) is 47.1 Å². The molecule has 0 fully saturated rings. The third-order valence-corrected chi connectivity index (χ3v) is 3.56. The molecule has 1 rings (SSSR count). The lowest BCUT2D eigenvalue weighted by Gasteiger charge is -2.30. The zero-order valence-corrected chi connectivity index (χ0v) is 13.6. The van der Waals surface area contributed by atoms with Crippen molar-refractivity contribution in [3.63, 3.8) is 0 Å². The SMILES string of the molecule is CCOCCN(CC)C(CN)c1cc(OC)cc(OC)c1. The Morgan fingerprint density at radius 3 is 2.14 bits per heavy atom. The lowest BCUT2D eigenvalue weighted by Crippen LogP contribution is -2.36. The molecule has 0 saturated carbocycles. The van der Waals surface area contributed by atoms with Crippen LogP contribution in [0, 0.1) is 0 Å². The van der Waals surface area contributed by atoms with Crippen LogP contribution in [-0.2, 0) is 4.74 Å². The molecule has 0 saturated heterocycles. The normalized spacial score (nSPS) is 12.5. The molecule has 0 aliphatic heterocycles. The van der Waals surface area contributed by atoms with E-state index in [9.17, 15) is 0 Å². The van der Waals surface area contributed by atoms with E-state index < -0.39 is 0 Å². The largest absolute Gasteiger partial charge is 0.497 e. The van der Waals surface area contributed by atoms with Crippen LogP contribution >= 0.6 is 0 Å². The van der Waals surface area contributed by atoms with Crippen molar-refractivity contribution >= 4 is 0 Å². The molecule has 0 amide bonds. The molecule has 0 heterocycles. The number of nitrogens with zero attached hydrogens (tertiary/aromatic N) is 1. The topological polar surface area (TPSA) is 57.0 Å². The van der Waals surface area contributed by atoms with Crippen molar-refractivity contribution in [1.82, 2.24) is 4.90 Å². The predicted octanol–water partition coefficient (Wildman–Crippen LogP) is 2.06. The van der Waals surface area contributed by atoms with E-state index in [1.807, 2.05) is 25.1 Å². The number of benzene rings is 1. The highest BCUT2D eigenvalue weighted by Gasteiger charge is 2.19. The van der Waals surface area contributed by atoms with E-state index in [2.05, 4.69) is 11.8 Å². The van der Waals surface area contributed by atoms with Crippen LogP contribution in [0.4, 0.5) is 0 Å². The van der Waals surface area contributed by atoms with Crippen LogP contribution in [0.3, 0.4) is 0 Å². The molecule has 1 aromatic rings. The van der Waals surface area contributed by atoms with Gasteiger partial charge >= 0.3 is 0 Å². The number of nitrogens with two attached hydrogens (primary N) is 1. The van der Waals surface area contributed by atoms with Crippen molar-refractivity contribution in [3.8, 4) is 11.5 Å². The molecule has 2 N–H and O–H groups in total. The van der Waals surface area contributed by atoms with E-state index >= 15 is 0 Å². The third-order valence-electron chi connectivity index (χ3n) is 3.56. The lowest BCUT2D eigenvalue weighted by atomic mass is 10.0. The standard InChI is InChI=1S/C16H28N2O3/c1-5-18(7-8-21-6-2)16(12-17)13-9-14(19-3)11-15(10-13)20-4/h9-11,16H,5-8,12,17H2,1-4H3. The maximum atomic E-state index is 6.00. The summed E-state index contributed by atoms with van der Waals surface area (Å²) in [5, 5.41) is 0. The van der Waals surface area contributed by atoms with Crippen LogP contribution in [0.15, 0.2) is 18.2 Å². The summed E-state index contributed by atoms with van der Waals surface area (Å²) in [6.07, 6.45) is 0. The Balaban J connectivity index is 2.95. The first-order chi connectivity index (χ1) is 10.2. The second-order valence-electron chi connectivity index (χ2n) is 4.72. The van der Waals surface area contributed by atoms with Gasteiger partial charge in [0, 0.05) is 31.8 Å². The van der Waals surface area contributed by atoms with Gasteiger partial charge in [0.15, 0.2) is 0 Å². The Morgan fingerprint density at radius 2 is 1.71 bits per heavy atom. The molecule has 5 heteroatoms. The number of methoxy groups -OCH3 is 2. The average molecular weight is 296 g/mol. The lowest BCUT2D eigenvalue weighted by molar-refractivity contribution is 0.0979. The molecule has 1 atom stereocenters. The Morgan fingerprint density at radius 1 is 1.10 bits per heavy atom. The minimum atomic E-state index is 0.124. The quantitative estimate of drug-likeness (QED) is 0.670. The minimum Gasteiger partial charge on any atom is -0.497 e. The van der Waals surface area contributed by atoms with Gasteiger partial charge in [-0.25, -0.2) is 0 Å². The van der Waals surface area contributed by atoms with E-state index in [-0.39, 0.29) is 6.04 Å². The molecule has 0 spiro atoms. The summed E-state index contributed by atoms with van der Waals surface area (Å²) in [5.41, 5.74) is 7.11. The van der Waals surface area contributed by atoms with Crippen LogP contribution in [0.1, 0.15) is 25.5 Å². The van der Waals surface area contributed by atoms with Crippen molar-refractivity contribution in [1.29, 1.82) is 0 Å². The van der Waals surface area contributed by atoms with Crippen LogP contribution in [0.5, 0.6) is 11.5 Å². The van der Waals surface area contributed by atoms with Gasteiger partial charge in [-0.15, -0.1) is 0 Å². The van der Waals surface area contributed by atoms with Gasteiger partial charge in [-0.3, -0.25) is 4.90 Å². The molecule has 1 unspecified atom stereocenters. The van der Waals surface area contributed by atoms with Gasteiger partial charge in [0.1, 0.15) is 11.5 Å². The molecular formula is C16H28N2O3. The van der Waals surface area contributed by atoms with Gasteiger partial charge in [0.2, 0.25) is 0 Å². The zero-order chi connectivity index (χ0) is 15.7. The number of ether oxygens (including phenoxy) is 3. The molecular weight excluding hydrogens is 268 g/mol. The highest BCUT2D eigenvalue weighted by molar-refractivity contribution is 5.40. The van der Waals surface area contributed by atoms with Crippen LogP contribution < -0.4 is 15.2 Å². The molecule has 0 aliphatic carbocycles. The summed E-state index contributed by atoms with van der Waals surface area (Å²) >= 11 is 0. The molecule has 0 aliphatic rings. The smallest absolute Gasteiger partial charge is 0.122 e. The Bertz CT molecular complexity index is 390. The van der Waals surface area contributed by atoms with Gasteiger partial charge in [-0.05, 0) is 31.2 Å². The van der Waals surface area contributed by atoms with Crippen molar-refractivity contribution in [2.24, 2.45) is 5.73 Å². The van der Waals surface area contributed by atoms with Gasteiger partial charge in [-0.1, -0.05) is 6.92 Å². The summed E-state index contributed by atoms with van der Waals surface area (Å²) in [5.74, 6) is 1.56. The van der Waals surface area contributed by atoms with Gasteiger partial charge in [-0.2, -0.15) is 0 Å². The molecule has 21 heavy (non-hydrogen) atoms. The van der Waals surface area contributed by atoms with Crippen LogP contribution in [0.25, 0.3) is 0 Å². The molecule has 0 radical (unpaired) electrons. The number of rotatable bonds is 10. The van der Waals surface area contributed by atoms with Crippen LogP contribution in [0.2, 0.25) is 0 Å². The number of hydrogen-bond acceptors (Lipinski definition) is 5. The molecule has 1 aromatic carbocycles. The average Bonchev–Trinajstić information content (AvgIpc) is 2.53. The highest BCUT2D eigenvalue weighted by atomic mass is 16.5. The van der Waals surface area contributed by atoms with E-state index in [0.717, 1.165) is 36.8 Å². The second kappa shape index (κ2) is 9.60. The Hall–Kier alpha value is -1.30. The second-order valence-corrected chi connectivity index (χ2v) is 4.72. The van der Waals surface area contributed by atoms with Gasteiger partial charge in [0.25, 0.3) is 0 Å². The number of hydrogen-bond donors (Lipinski definition) is 1. The number of likely N-dealkylation sites (N-methyl/N-ethyl adjacent to an activating group) is 1. The van der Waals surface area contributed by atoms with E-state index in [0.29, 0.717) is 13.2 Å². The fourth-order valence-corrected chi connectivity index (χ4v) is 2.38. The van der Waals surface area contributed by atoms with Crippen molar-refractivity contribution in [2.45, 2.75) is 19.9 Å². The molecule has 120 valence electrons. The summed E-state index contributed by atoms with van der Waals surface area (Å²) in [6, 6.07) is 6.03. The van der Waals surface area contributed by atoms with E-state index in [4.69, 9.17) is 19.9 Å². The maximum Gasteiger partial charge on any atom is 0.122 e. The third kappa shape index (κ3) is 5.19. The molecule has 0 aromatic heterocycles. The molecule has 5 nitrogen and oxygen atoms in total. The summed E-state index contributed by atoms with van der Waals surface area (Å²) in [7, 11) is 3.31. The first-order valence-corrected chi connectivity index (χ1v) is 7.44. The Kier molecular flexibility index (Phi) is 8.12. The summed E-state index contributed by atoms with van der Waals surface area (Å²) in [6.45, 7) is 7.88. The summed E-state index contributed by atoms with van der Waals surface area (Å²) in [4.78, 5) is 2.31. The fraction of sp³-hybridized carbons (Fsp3) is 0.625. The highest BCUT2D eigenvalue weighted by Crippen LogP contribution is 2.28.